The van der Waals surface area contributed by atoms with Gasteiger partial charge in [-0.2, -0.15) is 0 Å². The van der Waals surface area contributed by atoms with E-state index >= 15 is 0 Å². The van der Waals surface area contributed by atoms with Crippen molar-refractivity contribution in [2.24, 2.45) is 0 Å². The minimum absolute atomic E-state index is 0.220. The molecule has 2 heterocycles. The summed E-state index contributed by atoms with van der Waals surface area (Å²) in [5.41, 5.74) is 0.0324. The normalized spacial score (nSPS) is 19.7. The van der Waals surface area contributed by atoms with Crippen LogP contribution in [0.5, 0.6) is 11.5 Å². The van der Waals surface area contributed by atoms with Crippen molar-refractivity contribution in [2.45, 2.75) is 51.7 Å². The Morgan fingerprint density at radius 3 is 2.62 bits per heavy atom. The maximum absolute atomic E-state index is 12.7. The van der Waals surface area contributed by atoms with Gasteiger partial charge in [-0.1, -0.05) is 0 Å². The van der Waals surface area contributed by atoms with E-state index in [-0.39, 0.29) is 5.91 Å². The van der Waals surface area contributed by atoms with Gasteiger partial charge in [0.15, 0.2) is 11.5 Å². The lowest BCUT2D eigenvalue weighted by atomic mass is 10.2. The standard InChI is InChI=1S/C19H26N2O5/c1-19(2,3)26-18(23)21-9-4-6-14(21)17(22)20-13-7-8-15-16(12-13)25-11-5-10-24-15/h7-8,12,14H,4-6,9-11H2,1-3H3,(H,20,22)/t14-/m1/s1. The van der Waals surface area contributed by atoms with Gasteiger partial charge in [-0.3, -0.25) is 9.69 Å². The average Bonchev–Trinajstić information content (AvgIpc) is 2.93. The monoisotopic (exact) mass is 362 g/mol. The number of fused-ring (bicyclic) bond motifs is 1. The van der Waals surface area contributed by atoms with Crippen LogP contribution in [-0.4, -0.2) is 48.3 Å². The Kier molecular flexibility index (Phi) is 5.25. The van der Waals surface area contributed by atoms with E-state index in [2.05, 4.69) is 5.32 Å². The number of anilines is 1. The van der Waals surface area contributed by atoms with Crippen molar-refractivity contribution in [2.75, 3.05) is 25.1 Å². The first-order valence-corrected chi connectivity index (χ1v) is 9.04. The molecule has 26 heavy (non-hydrogen) atoms. The summed E-state index contributed by atoms with van der Waals surface area (Å²) in [4.78, 5) is 26.5. The summed E-state index contributed by atoms with van der Waals surface area (Å²) in [6.07, 6.45) is 1.77. The fourth-order valence-corrected chi connectivity index (χ4v) is 3.04. The van der Waals surface area contributed by atoms with Gasteiger partial charge in [-0.25, -0.2) is 4.79 Å². The second-order valence-corrected chi connectivity index (χ2v) is 7.53. The third-order valence-corrected chi connectivity index (χ3v) is 4.20. The number of ether oxygens (including phenoxy) is 3. The number of nitrogens with one attached hydrogen (secondary N) is 1. The highest BCUT2D eigenvalue weighted by Gasteiger charge is 2.36. The molecule has 2 aliphatic heterocycles. The molecule has 0 aromatic heterocycles. The van der Waals surface area contributed by atoms with Crippen molar-refractivity contribution in [1.82, 2.24) is 4.90 Å². The molecule has 2 aliphatic rings. The zero-order chi connectivity index (χ0) is 18.7. The Labute approximate surface area is 153 Å². The highest BCUT2D eigenvalue weighted by atomic mass is 16.6. The number of rotatable bonds is 2. The lowest BCUT2D eigenvalue weighted by Crippen LogP contribution is -2.45. The van der Waals surface area contributed by atoms with Gasteiger partial charge < -0.3 is 19.5 Å². The summed E-state index contributed by atoms with van der Waals surface area (Å²) in [5.74, 6) is 1.08. The van der Waals surface area contributed by atoms with E-state index in [1.165, 1.54) is 4.90 Å². The largest absolute Gasteiger partial charge is 0.490 e. The number of carbonyl (C=O) groups is 2. The zero-order valence-corrected chi connectivity index (χ0v) is 15.5. The Morgan fingerprint density at radius 2 is 1.88 bits per heavy atom. The van der Waals surface area contributed by atoms with Crippen molar-refractivity contribution in [3.8, 4) is 11.5 Å². The van der Waals surface area contributed by atoms with Crippen LogP contribution in [0.15, 0.2) is 18.2 Å². The van der Waals surface area contributed by atoms with Crippen LogP contribution in [-0.2, 0) is 9.53 Å². The van der Waals surface area contributed by atoms with Gasteiger partial charge in [-0.15, -0.1) is 0 Å². The quantitative estimate of drug-likeness (QED) is 0.874. The van der Waals surface area contributed by atoms with Crippen LogP contribution < -0.4 is 14.8 Å². The molecule has 1 aromatic rings. The second kappa shape index (κ2) is 7.43. The molecule has 7 heteroatoms. The van der Waals surface area contributed by atoms with Crippen molar-refractivity contribution >= 4 is 17.7 Å². The predicted molar refractivity (Wildman–Crippen MR) is 96.6 cm³/mol. The molecule has 1 N–H and O–H groups in total. The Bertz CT molecular complexity index is 683. The molecule has 2 amide bonds. The first-order chi connectivity index (χ1) is 12.3. The fourth-order valence-electron chi connectivity index (χ4n) is 3.04. The number of likely N-dealkylation sites (tertiary alicyclic amines) is 1. The number of nitrogens with zero attached hydrogens (tertiary/aromatic N) is 1. The number of carbonyl (C=O) groups excluding carboxylic acids is 2. The summed E-state index contributed by atoms with van der Waals surface area (Å²) in [6, 6.07) is 4.79. The topological polar surface area (TPSA) is 77.1 Å². The number of benzene rings is 1. The van der Waals surface area contributed by atoms with E-state index < -0.39 is 17.7 Å². The maximum atomic E-state index is 12.7. The summed E-state index contributed by atoms with van der Waals surface area (Å²) >= 11 is 0. The third-order valence-electron chi connectivity index (χ3n) is 4.20. The molecular weight excluding hydrogens is 336 g/mol. The number of amides is 2. The summed E-state index contributed by atoms with van der Waals surface area (Å²) in [6.45, 7) is 7.16. The van der Waals surface area contributed by atoms with Gasteiger partial charge >= 0.3 is 6.09 Å². The summed E-state index contributed by atoms with van der Waals surface area (Å²) < 4.78 is 16.7. The van der Waals surface area contributed by atoms with Crippen LogP contribution >= 0.6 is 0 Å². The van der Waals surface area contributed by atoms with Gasteiger partial charge in [0, 0.05) is 24.7 Å². The van der Waals surface area contributed by atoms with Crippen LogP contribution in [0.4, 0.5) is 10.5 Å². The van der Waals surface area contributed by atoms with E-state index in [4.69, 9.17) is 14.2 Å². The second-order valence-electron chi connectivity index (χ2n) is 7.53. The van der Waals surface area contributed by atoms with Gasteiger partial charge in [0.2, 0.25) is 5.91 Å². The molecule has 0 spiro atoms. The predicted octanol–water partition coefficient (Wildman–Crippen LogP) is 3.19. The Hall–Kier alpha value is -2.44. The van der Waals surface area contributed by atoms with E-state index in [9.17, 15) is 9.59 Å². The van der Waals surface area contributed by atoms with Crippen molar-refractivity contribution in [1.29, 1.82) is 0 Å². The molecular formula is C19H26N2O5. The van der Waals surface area contributed by atoms with Crippen LogP contribution in [0.25, 0.3) is 0 Å². The maximum Gasteiger partial charge on any atom is 0.410 e. The first-order valence-electron chi connectivity index (χ1n) is 9.04. The molecule has 1 fully saturated rings. The van der Waals surface area contributed by atoms with E-state index in [0.29, 0.717) is 43.4 Å². The molecule has 1 aromatic carbocycles. The minimum Gasteiger partial charge on any atom is -0.490 e. The van der Waals surface area contributed by atoms with Gasteiger partial charge in [-0.05, 0) is 45.7 Å². The molecule has 0 bridgehead atoms. The van der Waals surface area contributed by atoms with E-state index in [1.807, 2.05) is 20.8 Å². The van der Waals surface area contributed by atoms with Crippen LogP contribution in [0.2, 0.25) is 0 Å². The zero-order valence-electron chi connectivity index (χ0n) is 15.5. The fraction of sp³-hybridized carbons (Fsp3) is 0.579. The van der Waals surface area contributed by atoms with E-state index in [1.54, 1.807) is 18.2 Å². The lowest BCUT2D eigenvalue weighted by molar-refractivity contribution is -0.120. The molecule has 3 rings (SSSR count). The van der Waals surface area contributed by atoms with Crippen LogP contribution in [0, 0.1) is 0 Å². The van der Waals surface area contributed by atoms with Gasteiger partial charge in [0.05, 0.1) is 13.2 Å². The van der Waals surface area contributed by atoms with Gasteiger partial charge in [0.1, 0.15) is 11.6 Å². The molecule has 142 valence electrons. The molecule has 0 radical (unpaired) electrons. The summed E-state index contributed by atoms with van der Waals surface area (Å²) in [5, 5.41) is 2.88. The van der Waals surface area contributed by atoms with Crippen LogP contribution in [0.1, 0.15) is 40.0 Å². The number of hydrogen-bond donors (Lipinski definition) is 1. The van der Waals surface area contributed by atoms with Gasteiger partial charge in [0.25, 0.3) is 0 Å². The molecule has 7 nitrogen and oxygen atoms in total. The Morgan fingerprint density at radius 1 is 1.15 bits per heavy atom. The third kappa shape index (κ3) is 4.39. The van der Waals surface area contributed by atoms with Crippen molar-refractivity contribution in [3.05, 3.63) is 18.2 Å². The smallest absolute Gasteiger partial charge is 0.410 e. The highest BCUT2D eigenvalue weighted by molar-refractivity contribution is 5.97. The Balaban J connectivity index is 1.67. The number of hydrogen-bond acceptors (Lipinski definition) is 5. The molecule has 0 aliphatic carbocycles. The first kappa shape index (κ1) is 18.4. The van der Waals surface area contributed by atoms with Crippen LogP contribution in [0.3, 0.4) is 0 Å². The van der Waals surface area contributed by atoms with E-state index in [0.717, 1.165) is 12.8 Å². The lowest BCUT2D eigenvalue weighted by Gasteiger charge is -2.28. The SMILES string of the molecule is CC(C)(C)OC(=O)N1CCC[C@@H]1C(=O)Nc1ccc2c(c1)OCCCO2. The minimum atomic E-state index is -0.588. The molecule has 1 atom stereocenters. The summed E-state index contributed by atoms with van der Waals surface area (Å²) in [7, 11) is 0. The molecule has 0 unspecified atom stereocenters. The van der Waals surface area contributed by atoms with Crippen molar-refractivity contribution in [3.63, 3.8) is 0 Å². The molecule has 0 saturated carbocycles. The molecule has 1 saturated heterocycles. The van der Waals surface area contributed by atoms with Crippen molar-refractivity contribution < 1.29 is 23.8 Å². The highest BCUT2D eigenvalue weighted by Crippen LogP contribution is 2.32. The average molecular weight is 362 g/mol.